The third kappa shape index (κ3) is 4.09. The maximum Gasteiger partial charge on any atom is 0.258 e. The predicted molar refractivity (Wildman–Crippen MR) is 106 cm³/mol. The molecule has 4 rings (SSSR count). The number of rotatable bonds is 4. The van der Waals surface area contributed by atoms with Crippen LogP contribution in [-0.2, 0) is 17.8 Å². The molecule has 1 fully saturated rings. The van der Waals surface area contributed by atoms with Gasteiger partial charge in [0, 0.05) is 50.4 Å². The minimum absolute atomic E-state index is 0.0387. The minimum Gasteiger partial charge on any atom is -0.340 e. The average Bonchev–Trinajstić information content (AvgIpc) is 3.13. The van der Waals surface area contributed by atoms with Crippen LogP contribution in [0.25, 0.3) is 4.96 Å². The van der Waals surface area contributed by atoms with Gasteiger partial charge in [0.05, 0.1) is 12.1 Å². The summed E-state index contributed by atoms with van der Waals surface area (Å²) in [4.78, 5) is 34.1. The Kier molecular flexibility index (Phi) is 5.05. The first-order valence-corrected chi connectivity index (χ1v) is 9.98. The maximum atomic E-state index is 12.5. The smallest absolute Gasteiger partial charge is 0.258 e. The summed E-state index contributed by atoms with van der Waals surface area (Å²) < 4.78 is 1.57. The van der Waals surface area contributed by atoms with E-state index in [0.717, 1.165) is 29.3 Å². The van der Waals surface area contributed by atoms with Crippen molar-refractivity contribution < 1.29 is 4.79 Å². The summed E-state index contributed by atoms with van der Waals surface area (Å²) >= 11 is 1.46. The average molecular weight is 382 g/mol. The van der Waals surface area contributed by atoms with Gasteiger partial charge in [-0.3, -0.25) is 18.9 Å². The van der Waals surface area contributed by atoms with Crippen LogP contribution in [0.3, 0.4) is 0 Å². The monoisotopic (exact) mass is 382 g/mol. The van der Waals surface area contributed by atoms with Crippen LogP contribution < -0.4 is 5.56 Å². The molecule has 1 aromatic carbocycles. The van der Waals surface area contributed by atoms with E-state index < -0.39 is 0 Å². The lowest BCUT2D eigenvalue weighted by Gasteiger charge is -2.34. The molecule has 0 saturated carbocycles. The molecule has 27 heavy (non-hydrogen) atoms. The minimum atomic E-state index is -0.0387. The highest BCUT2D eigenvalue weighted by Crippen LogP contribution is 2.12. The SMILES string of the molecule is Cc1ccc(CC(=O)N2CCN(Cc3cc(=O)n4ccsc4n3)CC2)cc1. The fourth-order valence-electron chi connectivity index (χ4n) is 3.35. The van der Waals surface area contributed by atoms with Crippen molar-refractivity contribution in [3.63, 3.8) is 0 Å². The van der Waals surface area contributed by atoms with Gasteiger partial charge in [-0.05, 0) is 12.5 Å². The number of carbonyl (C=O) groups is 1. The summed E-state index contributed by atoms with van der Waals surface area (Å²) in [5.41, 5.74) is 3.01. The van der Waals surface area contributed by atoms with E-state index in [1.165, 1.54) is 16.9 Å². The summed E-state index contributed by atoms with van der Waals surface area (Å²) in [6, 6.07) is 9.73. The highest BCUT2D eigenvalue weighted by atomic mass is 32.1. The first-order chi connectivity index (χ1) is 13.1. The van der Waals surface area contributed by atoms with Gasteiger partial charge in [0.2, 0.25) is 5.91 Å². The van der Waals surface area contributed by atoms with E-state index in [1.54, 1.807) is 16.7 Å². The van der Waals surface area contributed by atoms with Gasteiger partial charge < -0.3 is 4.90 Å². The number of fused-ring (bicyclic) bond motifs is 1. The largest absolute Gasteiger partial charge is 0.340 e. The van der Waals surface area contributed by atoms with Crippen molar-refractivity contribution in [2.45, 2.75) is 19.9 Å². The molecule has 0 unspecified atom stereocenters. The van der Waals surface area contributed by atoms with Crippen LogP contribution in [-0.4, -0.2) is 51.3 Å². The zero-order valence-corrected chi connectivity index (χ0v) is 16.1. The Morgan fingerprint density at radius 2 is 1.89 bits per heavy atom. The fraction of sp³-hybridized carbons (Fsp3) is 0.350. The van der Waals surface area contributed by atoms with E-state index in [2.05, 4.69) is 9.88 Å². The van der Waals surface area contributed by atoms with Gasteiger partial charge in [-0.25, -0.2) is 4.98 Å². The van der Waals surface area contributed by atoms with Crippen molar-refractivity contribution >= 4 is 22.2 Å². The van der Waals surface area contributed by atoms with E-state index in [1.807, 2.05) is 41.5 Å². The number of hydrogen-bond donors (Lipinski definition) is 0. The van der Waals surface area contributed by atoms with Gasteiger partial charge in [0.15, 0.2) is 4.96 Å². The number of benzene rings is 1. The third-order valence-corrected chi connectivity index (χ3v) is 5.70. The molecule has 1 amide bonds. The zero-order valence-electron chi connectivity index (χ0n) is 15.3. The molecule has 3 aromatic rings. The van der Waals surface area contributed by atoms with E-state index in [4.69, 9.17) is 0 Å². The lowest BCUT2D eigenvalue weighted by molar-refractivity contribution is -0.132. The van der Waals surface area contributed by atoms with E-state index in [0.29, 0.717) is 26.1 Å². The summed E-state index contributed by atoms with van der Waals surface area (Å²) in [6.07, 6.45) is 2.20. The van der Waals surface area contributed by atoms with Crippen molar-refractivity contribution in [2.24, 2.45) is 0 Å². The van der Waals surface area contributed by atoms with Crippen molar-refractivity contribution in [2.75, 3.05) is 26.2 Å². The Bertz CT molecular complexity index is 1000. The van der Waals surface area contributed by atoms with Crippen LogP contribution in [0.4, 0.5) is 0 Å². The van der Waals surface area contributed by atoms with Gasteiger partial charge in [-0.15, -0.1) is 11.3 Å². The van der Waals surface area contributed by atoms with Crippen LogP contribution >= 0.6 is 11.3 Å². The Labute approximate surface area is 161 Å². The summed E-state index contributed by atoms with van der Waals surface area (Å²) in [5, 5.41) is 1.87. The number of hydrogen-bond acceptors (Lipinski definition) is 5. The molecule has 0 N–H and O–H groups in total. The maximum absolute atomic E-state index is 12.5. The molecule has 0 atom stereocenters. The lowest BCUT2D eigenvalue weighted by atomic mass is 10.1. The van der Waals surface area contributed by atoms with Crippen molar-refractivity contribution in [3.8, 4) is 0 Å². The number of piperazine rings is 1. The summed E-state index contributed by atoms with van der Waals surface area (Å²) in [7, 11) is 0. The van der Waals surface area contributed by atoms with Crippen molar-refractivity contribution in [3.05, 3.63) is 69.1 Å². The molecular formula is C20H22N4O2S. The van der Waals surface area contributed by atoms with Crippen LogP contribution in [0, 0.1) is 6.92 Å². The first-order valence-electron chi connectivity index (χ1n) is 9.10. The second-order valence-corrected chi connectivity index (χ2v) is 7.83. The Balaban J connectivity index is 1.33. The molecule has 7 heteroatoms. The number of aryl methyl sites for hydroxylation is 1. The van der Waals surface area contributed by atoms with Crippen LogP contribution in [0.1, 0.15) is 16.8 Å². The van der Waals surface area contributed by atoms with Gasteiger partial charge >= 0.3 is 0 Å². The number of aromatic nitrogens is 2. The zero-order chi connectivity index (χ0) is 18.8. The highest BCUT2D eigenvalue weighted by molar-refractivity contribution is 7.15. The van der Waals surface area contributed by atoms with Crippen LogP contribution in [0.15, 0.2) is 46.7 Å². The Morgan fingerprint density at radius 1 is 1.15 bits per heavy atom. The quantitative estimate of drug-likeness (QED) is 0.692. The van der Waals surface area contributed by atoms with E-state index >= 15 is 0 Å². The Hall–Kier alpha value is -2.51. The van der Waals surface area contributed by atoms with Gasteiger partial charge in [0.1, 0.15) is 0 Å². The highest BCUT2D eigenvalue weighted by Gasteiger charge is 2.21. The van der Waals surface area contributed by atoms with E-state index in [9.17, 15) is 9.59 Å². The topological polar surface area (TPSA) is 57.9 Å². The first kappa shape index (κ1) is 17.9. The molecule has 1 aliphatic heterocycles. The van der Waals surface area contributed by atoms with Gasteiger partial charge in [-0.2, -0.15) is 0 Å². The molecule has 6 nitrogen and oxygen atoms in total. The van der Waals surface area contributed by atoms with Gasteiger partial charge in [0.25, 0.3) is 5.56 Å². The van der Waals surface area contributed by atoms with Crippen molar-refractivity contribution in [1.29, 1.82) is 0 Å². The molecule has 2 aromatic heterocycles. The number of carbonyl (C=O) groups excluding carboxylic acids is 1. The molecule has 3 heterocycles. The molecule has 0 bridgehead atoms. The summed E-state index contributed by atoms with van der Waals surface area (Å²) in [5.74, 6) is 0.176. The molecule has 1 aliphatic rings. The van der Waals surface area contributed by atoms with E-state index in [-0.39, 0.29) is 11.5 Å². The summed E-state index contributed by atoms with van der Waals surface area (Å²) in [6.45, 7) is 5.71. The number of amides is 1. The Morgan fingerprint density at radius 3 is 2.63 bits per heavy atom. The number of nitrogens with zero attached hydrogens (tertiary/aromatic N) is 4. The predicted octanol–water partition coefficient (Wildman–Crippen LogP) is 1.95. The van der Waals surface area contributed by atoms with Crippen LogP contribution in [0.5, 0.6) is 0 Å². The fourth-order valence-corrected chi connectivity index (χ4v) is 4.08. The normalized spacial score (nSPS) is 15.4. The number of thiazole rings is 1. The molecular weight excluding hydrogens is 360 g/mol. The molecule has 140 valence electrons. The second kappa shape index (κ2) is 7.62. The molecule has 0 spiro atoms. The molecule has 1 saturated heterocycles. The van der Waals surface area contributed by atoms with Gasteiger partial charge in [-0.1, -0.05) is 29.8 Å². The lowest BCUT2D eigenvalue weighted by Crippen LogP contribution is -2.48. The second-order valence-electron chi connectivity index (χ2n) is 6.96. The molecule has 0 aliphatic carbocycles. The molecule has 0 radical (unpaired) electrons. The van der Waals surface area contributed by atoms with Crippen LogP contribution in [0.2, 0.25) is 0 Å². The standard InChI is InChI=1S/C20H22N4O2S/c1-15-2-4-16(5-3-15)12-18(25)23-8-6-22(7-9-23)14-17-13-19(26)24-10-11-27-20(24)21-17/h2-5,10-11,13H,6-9,12,14H2,1H3. The third-order valence-electron chi connectivity index (χ3n) is 4.94. The van der Waals surface area contributed by atoms with Crippen molar-refractivity contribution in [1.82, 2.24) is 19.2 Å².